The van der Waals surface area contributed by atoms with E-state index in [-0.39, 0.29) is 12.1 Å². The summed E-state index contributed by atoms with van der Waals surface area (Å²) in [5.74, 6) is -0.337. The molecule has 0 radical (unpaired) electrons. The summed E-state index contributed by atoms with van der Waals surface area (Å²) in [5, 5.41) is 18.2. The van der Waals surface area contributed by atoms with Crippen LogP contribution in [0.5, 0.6) is 0 Å². The van der Waals surface area contributed by atoms with Crippen molar-refractivity contribution in [1.82, 2.24) is 9.80 Å². The zero-order valence-electron chi connectivity index (χ0n) is 13.9. The van der Waals surface area contributed by atoms with Crippen molar-refractivity contribution in [2.24, 2.45) is 0 Å². The van der Waals surface area contributed by atoms with Gasteiger partial charge in [0.25, 0.3) is 0 Å². The summed E-state index contributed by atoms with van der Waals surface area (Å²) in [4.78, 5) is 18.0. The molecule has 124 valence electrons. The molecule has 1 aliphatic heterocycles. The van der Waals surface area contributed by atoms with E-state index in [1.807, 2.05) is 29.7 Å². The zero-order valence-corrected chi connectivity index (χ0v) is 13.9. The highest BCUT2D eigenvalue weighted by atomic mass is 16.4. The van der Waals surface area contributed by atoms with Gasteiger partial charge in [0.15, 0.2) is 0 Å². The van der Waals surface area contributed by atoms with E-state index in [1.165, 1.54) is 11.1 Å². The second-order valence-corrected chi connectivity index (χ2v) is 5.94. The Morgan fingerprint density at radius 1 is 1.29 bits per heavy atom. The van der Waals surface area contributed by atoms with E-state index in [0.717, 1.165) is 5.56 Å². The van der Waals surface area contributed by atoms with Gasteiger partial charge in [-0.1, -0.05) is 29.3 Å². The lowest BCUT2D eigenvalue weighted by Gasteiger charge is -2.25. The molecule has 1 N–H and O–H groups in total. The van der Waals surface area contributed by atoms with Crippen LogP contribution < -0.4 is 0 Å². The van der Waals surface area contributed by atoms with E-state index in [9.17, 15) is 10.1 Å². The third kappa shape index (κ3) is 4.05. The van der Waals surface area contributed by atoms with Crippen LogP contribution in [-0.4, -0.2) is 40.5 Å². The van der Waals surface area contributed by atoms with Crippen LogP contribution >= 0.6 is 0 Å². The average molecular weight is 324 g/mol. The van der Waals surface area contributed by atoms with Gasteiger partial charge in [-0.15, -0.1) is 0 Å². The molecule has 0 atom stereocenters. The van der Waals surface area contributed by atoms with Crippen LogP contribution in [0.4, 0.5) is 0 Å². The molecule has 6 nitrogen and oxygen atoms in total. The van der Waals surface area contributed by atoms with Gasteiger partial charge in [0, 0.05) is 26.2 Å². The minimum absolute atomic E-state index is 0.0160. The molecule has 1 fully saturated rings. The van der Waals surface area contributed by atoms with Gasteiger partial charge in [0.1, 0.15) is 5.82 Å². The summed E-state index contributed by atoms with van der Waals surface area (Å²) in [5.41, 5.74) is 3.47. The van der Waals surface area contributed by atoms with Gasteiger partial charge >= 0.3 is 11.7 Å². The van der Waals surface area contributed by atoms with Crippen molar-refractivity contribution in [2.75, 3.05) is 19.6 Å². The first-order valence-electron chi connectivity index (χ1n) is 7.75. The molecule has 0 unspecified atom stereocenters. The fourth-order valence-electron chi connectivity index (χ4n) is 3.06. The molecule has 24 heavy (non-hydrogen) atoms. The maximum absolute atomic E-state index is 10.8. The highest BCUT2D eigenvalue weighted by Crippen LogP contribution is 2.25. The number of carbonyl (C=O) groups is 1. The first-order valence-corrected chi connectivity index (χ1v) is 7.75. The Bertz CT molecular complexity index is 719. The van der Waals surface area contributed by atoms with E-state index >= 15 is 0 Å². The highest BCUT2D eigenvalue weighted by molar-refractivity contribution is 5.66. The Morgan fingerprint density at radius 2 is 1.92 bits per heavy atom. The summed E-state index contributed by atoms with van der Waals surface area (Å²) in [6.07, 6.45) is -0.0163. The van der Waals surface area contributed by atoms with Gasteiger partial charge in [0.05, 0.1) is 19.1 Å². The number of nitrogens with zero attached hydrogens (tertiary/aromatic N) is 4. The molecule has 6 heteroatoms. The lowest BCUT2D eigenvalue weighted by Crippen LogP contribution is -2.26. The molecule has 0 amide bonds. The summed E-state index contributed by atoms with van der Waals surface area (Å²) < 4.78 is 0. The van der Waals surface area contributed by atoms with E-state index in [1.54, 1.807) is 0 Å². The van der Waals surface area contributed by atoms with Crippen molar-refractivity contribution in [2.45, 2.75) is 26.8 Å². The van der Waals surface area contributed by atoms with Crippen molar-refractivity contribution < 1.29 is 9.90 Å². The average Bonchev–Trinajstić information content (AvgIpc) is 2.88. The smallest absolute Gasteiger partial charge is 0.305 e. The Balaban J connectivity index is 2.28. The van der Waals surface area contributed by atoms with Gasteiger partial charge in [-0.25, -0.2) is 10.1 Å². The van der Waals surface area contributed by atoms with Crippen molar-refractivity contribution >= 4 is 5.97 Å². The molecular weight excluding hydrogens is 304 g/mol. The summed E-state index contributed by atoms with van der Waals surface area (Å²) in [6, 6.07) is 8.23. The number of aliphatic carboxylic acids is 1. The summed E-state index contributed by atoms with van der Waals surface area (Å²) in [7, 11) is 0. The third-order valence-electron chi connectivity index (χ3n) is 3.92. The van der Waals surface area contributed by atoms with E-state index in [4.69, 9.17) is 11.7 Å². The van der Waals surface area contributed by atoms with Crippen LogP contribution in [0.1, 0.15) is 23.1 Å². The minimum atomic E-state index is -0.886. The number of rotatable bonds is 5. The molecule has 0 saturated carbocycles. The first kappa shape index (κ1) is 17.4. The van der Waals surface area contributed by atoms with Crippen LogP contribution in [0.3, 0.4) is 0 Å². The monoisotopic (exact) mass is 324 g/mol. The maximum atomic E-state index is 10.8. The predicted octanol–water partition coefficient (Wildman–Crippen LogP) is 2.51. The van der Waals surface area contributed by atoms with Crippen LogP contribution in [0.2, 0.25) is 0 Å². The Kier molecular flexibility index (Phi) is 5.44. The van der Waals surface area contributed by atoms with Gasteiger partial charge < -0.3 is 14.9 Å². The third-order valence-corrected chi connectivity index (χ3v) is 3.92. The highest BCUT2D eigenvalue weighted by Gasteiger charge is 2.28. The standard InChI is InChI=1S/C18H20N4O2/c1-13-8-14(2)10-15(9-13)12-22-7-6-21(5-4-17(23)24)18(22)16(11-19)20-3/h8-10H,4-7,12H2,1-2H3,(H,23,24). The number of aryl methyl sites for hydroxylation is 2. The fraction of sp³-hybridized carbons (Fsp3) is 0.389. The molecule has 1 aromatic carbocycles. The topological polar surface area (TPSA) is 71.9 Å². The largest absolute Gasteiger partial charge is 0.481 e. The van der Waals surface area contributed by atoms with Gasteiger partial charge in [0.2, 0.25) is 0 Å². The molecule has 1 aliphatic rings. The summed E-state index contributed by atoms with van der Waals surface area (Å²) in [6.45, 7) is 13.5. The van der Waals surface area contributed by atoms with Crippen LogP contribution in [0.15, 0.2) is 29.7 Å². The maximum Gasteiger partial charge on any atom is 0.305 e. The Hall–Kier alpha value is -2.99. The number of nitriles is 1. The molecule has 1 aromatic rings. The molecule has 0 aliphatic carbocycles. The first-order chi connectivity index (χ1) is 11.4. The number of carboxylic acids is 1. The second-order valence-electron chi connectivity index (χ2n) is 5.94. The SMILES string of the molecule is [C-]#[N+]C(C#N)=C1N(CCC(=O)O)CCN1Cc1cc(C)cc(C)c1. The Morgan fingerprint density at radius 3 is 2.46 bits per heavy atom. The van der Waals surface area contributed by atoms with Crippen LogP contribution in [0, 0.1) is 31.8 Å². The normalized spacial score (nSPS) is 15.8. The lowest BCUT2D eigenvalue weighted by molar-refractivity contribution is -0.137. The van der Waals surface area contributed by atoms with Crippen molar-refractivity contribution in [3.8, 4) is 6.07 Å². The Labute approximate surface area is 142 Å². The number of benzene rings is 1. The number of hydrogen-bond acceptors (Lipinski definition) is 4. The van der Waals surface area contributed by atoms with Gasteiger partial charge in [-0.2, -0.15) is 0 Å². The molecular formula is C18H20N4O2. The van der Waals surface area contributed by atoms with Gasteiger partial charge in [-0.3, -0.25) is 4.79 Å². The second kappa shape index (κ2) is 7.52. The molecule has 1 saturated heterocycles. The van der Waals surface area contributed by atoms with Crippen molar-refractivity contribution in [1.29, 1.82) is 5.26 Å². The zero-order chi connectivity index (χ0) is 17.7. The number of carboxylic acid groups (broad SMARTS) is 1. The minimum Gasteiger partial charge on any atom is -0.481 e. The van der Waals surface area contributed by atoms with E-state index in [2.05, 4.69) is 23.0 Å². The molecule has 2 rings (SSSR count). The fourth-order valence-corrected chi connectivity index (χ4v) is 3.06. The predicted molar refractivity (Wildman–Crippen MR) is 89.4 cm³/mol. The van der Waals surface area contributed by atoms with Gasteiger partial charge in [-0.05, 0) is 19.4 Å². The quantitative estimate of drug-likeness (QED) is 0.665. The molecule has 0 spiro atoms. The van der Waals surface area contributed by atoms with E-state index in [0.29, 0.717) is 32.0 Å². The van der Waals surface area contributed by atoms with Crippen molar-refractivity contribution in [3.63, 3.8) is 0 Å². The molecule has 1 heterocycles. The van der Waals surface area contributed by atoms with Crippen molar-refractivity contribution in [3.05, 3.63) is 57.8 Å². The van der Waals surface area contributed by atoms with Crippen LogP contribution in [-0.2, 0) is 11.3 Å². The van der Waals surface area contributed by atoms with E-state index < -0.39 is 5.97 Å². The van der Waals surface area contributed by atoms with Crippen LogP contribution in [0.25, 0.3) is 4.85 Å². The number of allylic oxidation sites excluding steroid dienone is 1. The molecule has 0 bridgehead atoms. The summed E-state index contributed by atoms with van der Waals surface area (Å²) >= 11 is 0. The molecule has 0 aromatic heterocycles. The number of hydrogen-bond donors (Lipinski definition) is 1. The lowest BCUT2D eigenvalue weighted by atomic mass is 10.1.